The molecule has 0 saturated heterocycles. The molecular weight excluding hydrogens is 813 g/mol. The molecule has 0 heterocycles. The van der Waals surface area contributed by atoms with Gasteiger partial charge in [-0.1, -0.05) is 259 Å². The van der Waals surface area contributed by atoms with E-state index in [-0.39, 0.29) is 31.6 Å². The molecule has 0 aliphatic rings. The van der Waals surface area contributed by atoms with Crippen LogP contribution in [0.3, 0.4) is 0 Å². The number of carbonyl (C=O) groups excluding carboxylic acids is 2. The van der Waals surface area contributed by atoms with Crippen molar-refractivity contribution in [3.63, 3.8) is 0 Å². The van der Waals surface area contributed by atoms with Gasteiger partial charge >= 0.3 is 11.9 Å². The number of carbonyl (C=O) groups is 2. The maximum Gasteiger partial charge on any atom is 0.310 e. The highest BCUT2D eigenvalue weighted by Crippen LogP contribution is 2.15. The summed E-state index contributed by atoms with van der Waals surface area (Å²) in [6.45, 7) is 7.51. The van der Waals surface area contributed by atoms with Crippen LogP contribution in [0.25, 0.3) is 0 Å². The average molecular weight is 917 g/mol. The summed E-state index contributed by atoms with van der Waals surface area (Å²) in [6, 6.07) is 0. The Morgan fingerprint density at radius 3 is 1.17 bits per heavy atom. The molecule has 1 unspecified atom stereocenters. The molecule has 0 saturated carbocycles. The van der Waals surface area contributed by atoms with Crippen LogP contribution in [-0.4, -0.2) is 37.9 Å². The highest BCUT2D eigenvalue weighted by atomic mass is 16.6. The van der Waals surface area contributed by atoms with Crippen molar-refractivity contribution in [1.82, 2.24) is 0 Å². The summed E-state index contributed by atoms with van der Waals surface area (Å²) in [5, 5.41) is 0. The van der Waals surface area contributed by atoms with Crippen molar-refractivity contribution in [2.24, 2.45) is 0 Å². The van der Waals surface area contributed by atoms with Crippen LogP contribution in [0.1, 0.15) is 252 Å². The van der Waals surface area contributed by atoms with Gasteiger partial charge in [-0.3, -0.25) is 9.59 Å². The largest absolute Gasteiger partial charge is 0.462 e. The van der Waals surface area contributed by atoms with E-state index in [1.165, 1.54) is 128 Å². The van der Waals surface area contributed by atoms with Gasteiger partial charge < -0.3 is 14.2 Å². The van der Waals surface area contributed by atoms with Crippen molar-refractivity contribution in [2.45, 2.75) is 258 Å². The van der Waals surface area contributed by atoms with Crippen LogP contribution in [0.2, 0.25) is 0 Å². The molecule has 0 amide bonds. The van der Waals surface area contributed by atoms with Gasteiger partial charge in [-0.2, -0.15) is 0 Å². The van der Waals surface area contributed by atoms with E-state index in [1.54, 1.807) is 0 Å². The van der Waals surface area contributed by atoms with Crippen molar-refractivity contribution < 1.29 is 23.8 Å². The fourth-order valence-electron chi connectivity index (χ4n) is 7.60. The topological polar surface area (TPSA) is 61.8 Å². The van der Waals surface area contributed by atoms with Gasteiger partial charge in [-0.15, -0.1) is 0 Å². The third kappa shape index (κ3) is 53.4. The van der Waals surface area contributed by atoms with Gasteiger partial charge in [-0.05, 0) is 77.0 Å². The molecule has 0 aromatic carbocycles. The molecule has 0 fully saturated rings. The van der Waals surface area contributed by atoms with Crippen molar-refractivity contribution in [2.75, 3.05) is 19.8 Å². The maximum absolute atomic E-state index is 12.8. The van der Waals surface area contributed by atoms with Crippen LogP contribution < -0.4 is 0 Å². The van der Waals surface area contributed by atoms with Gasteiger partial charge in [0.15, 0.2) is 6.10 Å². The first-order valence-electron chi connectivity index (χ1n) is 27.8. The summed E-state index contributed by atoms with van der Waals surface area (Å²) in [4.78, 5) is 25.4. The Labute approximate surface area is 409 Å². The molecular formula is C61H104O5. The van der Waals surface area contributed by atoms with Crippen LogP contribution in [0.4, 0.5) is 0 Å². The van der Waals surface area contributed by atoms with E-state index in [4.69, 9.17) is 14.2 Å². The Hall–Kier alpha value is -3.18. The highest BCUT2D eigenvalue weighted by molar-refractivity contribution is 5.71. The number of hydrogen-bond acceptors (Lipinski definition) is 5. The van der Waals surface area contributed by atoms with Crippen LogP contribution in [-0.2, 0) is 23.8 Å². The van der Waals surface area contributed by atoms with Crippen molar-refractivity contribution in [3.05, 3.63) is 97.2 Å². The predicted molar refractivity (Wildman–Crippen MR) is 288 cm³/mol. The standard InChI is InChI=1S/C61H104O5/c1-4-7-10-13-16-19-22-25-28-30-32-35-38-41-44-47-50-53-56-64-57-59(66-61(63)55-52-49-46-43-40-37-33-27-24-21-18-15-12-9-6-3)58-65-60(62)54-51-48-45-42-39-36-34-31-29-26-23-20-17-14-11-8-5-2/h8-9,11-12,17-18,20-21,26-27,29,33,40,43,49,52,59H,4-7,10,13-16,19,22-25,28,30-32,34-39,41-42,44-48,50-51,53-58H2,1-3H3/b11-8-,12-9-,20-17-,21-18-,29-26-,33-27-,43-40-,52-49-. The molecule has 0 radical (unpaired) electrons. The van der Waals surface area contributed by atoms with Gasteiger partial charge in [0, 0.05) is 13.0 Å². The highest BCUT2D eigenvalue weighted by Gasteiger charge is 2.17. The Morgan fingerprint density at radius 1 is 0.364 bits per heavy atom. The monoisotopic (exact) mass is 917 g/mol. The molecule has 5 nitrogen and oxygen atoms in total. The Kier molecular flexibility index (Phi) is 53.4. The first kappa shape index (κ1) is 62.8. The van der Waals surface area contributed by atoms with Gasteiger partial charge in [0.1, 0.15) is 6.61 Å². The number of allylic oxidation sites excluding steroid dienone is 15. The molecule has 0 N–H and O–H groups in total. The lowest BCUT2D eigenvalue weighted by Crippen LogP contribution is -2.29. The Balaban J connectivity index is 4.37. The minimum atomic E-state index is -0.598. The summed E-state index contributed by atoms with van der Waals surface area (Å²) in [5.74, 6) is -0.551. The molecule has 0 aromatic rings. The zero-order chi connectivity index (χ0) is 47.7. The molecule has 0 bridgehead atoms. The fourth-order valence-corrected chi connectivity index (χ4v) is 7.60. The molecule has 0 aliphatic heterocycles. The van der Waals surface area contributed by atoms with E-state index in [1.807, 2.05) is 12.2 Å². The van der Waals surface area contributed by atoms with Gasteiger partial charge in [-0.25, -0.2) is 0 Å². The second-order valence-electron chi connectivity index (χ2n) is 18.1. The molecule has 5 heteroatoms. The van der Waals surface area contributed by atoms with Gasteiger partial charge in [0.25, 0.3) is 0 Å². The van der Waals surface area contributed by atoms with E-state index in [9.17, 15) is 9.59 Å². The molecule has 0 aliphatic carbocycles. The lowest BCUT2D eigenvalue weighted by molar-refractivity contribution is -0.162. The normalized spacial score (nSPS) is 13.0. The molecule has 1 atom stereocenters. The van der Waals surface area contributed by atoms with E-state index in [2.05, 4.69) is 106 Å². The van der Waals surface area contributed by atoms with E-state index >= 15 is 0 Å². The van der Waals surface area contributed by atoms with E-state index < -0.39 is 6.10 Å². The smallest absolute Gasteiger partial charge is 0.310 e. The van der Waals surface area contributed by atoms with E-state index in [0.717, 1.165) is 89.9 Å². The minimum absolute atomic E-state index is 0.0381. The summed E-state index contributed by atoms with van der Waals surface area (Å²) < 4.78 is 17.3. The van der Waals surface area contributed by atoms with Crippen LogP contribution in [0, 0.1) is 0 Å². The molecule has 0 rings (SSSR count). The summed E-state index contributed by atoms with van der Waals surface area (Å²) in [6.07, 6.45) is 76.0. The summed E-state index contributed by atoms with van der Waals surface area (Å²) in [5.41, 5.74) is 0. The molecule has 0 spiro atoms. The average Bonchev–Trinajstić information content (AvgIpc) is 3.32. The number of hydrogen-bond donors (Lipinski definition) is 0. The quantitative estimate of drug-likeness (QED) is 0.0346. The Bertz CT molecular complexity index is 1270. The number of ether oxygens (including phenoxy) is 3. The lowest BCUT2D eigenvalue weighted by atomic mass is 10.0. The number of rotatable bonds is 50. The second kappa shape index (κ2) is 56.1. The SMILES string of the molecule is CC/C=C\C/C=C\C/C=C\C/C=C\C/C=C\CC(=O)OC(COCCCCCCCCCCCCCCCCCCCC)COC(=O)CCCCCCCCC/C=C\C/C=C\C/C=C\CC. The van der Waals surface area contributed by atoms with Crippen LogP contribution in [0.15, 0.2) is 97.2 Å². The van der Waals surface area contributed by atoms with Crippen molar-refractivity contribution in [1.29, 1.82) is 0 Å². The fraction of sp³-hybridized carbons (Fsp3) is 0.705. The van der Waals surface area contributed by atoms with Gasteiger partial charge in [0.05, 0.1) is 13.0 Å². The van der Waals surface area contributed by atoms with Crippen molar-refractivity contribution >= 4 is 11.9 Å². The van der Waals surface area contributed by atoms with Crippen molar-refractivity contribution in [3.8, 4) is 0 Å². The number of unbranched alkanes of at least 4 members (excludes halogenated alkanes) is 24. The Morgan fingerprint density at radius 2 is 0.727 bits per heavy atom. The first-order chi connectivity index (χ1) is 32.6. The minimum Gasteiger partial charge on any atom is -0.462 e. The first-order valence-corrected chi connectivity index (χ1v) is 27.8. The molecule has 378 valence electrons. The summed E-state index contributed by atoms with van der Waals surface area (Å²) in [7, 11) is 0. The predicted octanol–water partition coefficient (Wildman–Crippen LogP) is 19.0. The third-order valence-corrected chi connectivity index (χ3v) is 11.6. The number of esters is 2. The van der Waals surface area contributed by atoms with Crippen LogP contribution in [0.5, 0.6) is 0 Å². The molecule has 0 aromatic heterocycles. The lowest BCUT2D eigenvalue weighted by Gasteiger charge is -2.18. The van der Waals surface area contributed by atoms with E-state index in [0.29, 0.717) is 13.0 Å². The zero-order valence-corrected chi connectivity index (χ0v) is 43.4. The zero-order valence-electron chi connectivity index (χ0n) is 43.4. The van der Waals surface area contributed by atoms with Crippen LogP contribution >= 0.6 is 0 Å². The maximum atomic E-state index is 12.8. The van der Waals surface area contributed by atoms with Gasteiger partial charge in [0.2, 0.25) is 0 Å². The summed E-state index contributed by atoms with van der Waals surface area (Å²) >= 11 is 0. The third-order valence-electron chi connectivity index (χ3n) is 11.6. The molecule has 66 heavy (non-hydrogen) atoms. The second-order valence-corrected chi connectivity index (χ2v) is 18.1.